The predicted octanol–water partition coefficient (Wildman–Crippen LogP) is 7.67. The lowest BCUT2D eigenvalue weighted by Gasteiger charge is -2.44. The van der Waals surface area contributed by atoms with Crippen molar-refractivity contribution >= 4 is 85.6 Å². The van der Waals surface area contributed by atoms with Gasteiger partial charge in [-0.3, -0.25) is 24.7 Å². The second kappa shape index (κ2) is 21.1. The topological polar surface area (TPSA) is 164 Å². The number of piperidine rings is 3. The first-order chi connectivity index (χ1) is 34.3. The number of hydrogen-bond acceptors (Lipinski definition) is 15. The van der Waals surface area contributed by atoms with Crippen LogP contribution in [0.15, 0.2) is 59.3 Å². The summed E-state index contributed by atoms with van der Waals surface area (Å²) in [4.78, 5) is 55.7. The predicted molar refractivity (Wildman–Crippen MR) is 287 cm³/mol. The summed E-state index contributed by atoms with van der Waals surface area (Å²) >= 11 is 3.64. The van der Waals surface area contributed by atoms with Crippen molar-refractivity contribution in [1.82, 2.24) is 40.0 Å². The van der Waals surface area contributed by atoms with E-state index in [0.717, 1.165) is 125 Å². The van der Waals surface area contributed by atoms with Crippen LogP contribution in [0.1, 0.15) is 74.9 Å². The highest BCUT2D eigenvalue weighted by atomic mass is 79.9. The monoisotopic (exact) mass is 1050 g/mol. The van der Waals surface area contributed by atoms with Gasteiger partial charge >= 0.3 is 0 Å². The molecule has 0 spiro atoms. The summed E-state index contributed by atoms with van der Waals surface area (Å²) in [6, 6.07) is 15.4. The Labute approximate surface area is 426 Å². The van der Waals surface area contributed by atoms with Gasteiger partial charge in [-0.25, -0.2) is 15.0 Å². The first-order valence-corrected chi connectivity index (χ1v) is 29.0. The van der Waals surface area contributed by atoms with Gasteiger partial charge in [0.2, 0.25) is 17.8 Å². The zero-order chi connectivity index (χ0) is 49.4. The van der Waals surface area contributed by atoms with Crippen LogP contribution in [0, 0.1) is 5.92 Å². The zero-order valence-electron chi connectivity index (χ0n) is 41.8. The number of rotatable bonds is 14. The number of carbonyl (C=O) groups is 2. The van der Waals surface area contributed by atoms with Crippen molar-refractivity contribution in [3.8, 4) is 5.75 Å². The molecule has 10 rings (SSSR count). The van der Waals surface area contributed by atoms with E-state index in [9.17, 15) is 14.2 Å². The Kier molecular flexibility index (Phi) is 14.7. The molecule has 0 bridgehead atoms. The van der Waals surface area contributed by atoms with Crippen LogP contribution < -0.4 is 35.8 Å². The SMILES string of the molecule is CCc1ncc2c(P(C)(C)=O)c(Nc3nc(Nc4cc(CC)c(N5CCC(N6CCN(CC7CCN(c8ccc9c(c8)CN(C8CCC(=O)NC8=O)C9)CC7)CC6)CC5)cc4OC)ncc3Br)ccc2n1. The fraction of sp³-hybridized carbons (Fsp3) is 0.509. The summed E-state index contributed by atoms with van der Waals surface area (Å²) in [6.45, 7) is 19.2. The Morgan fingerprint density at radius 3 is 2.27 bits per heavy atom. The van der Waals surface area contributed by atoms with Crippen LogP contribution in [-0.4, -0.2) is 138 Å². The number of fused-ring (bicyclic) bond motifs is 2. The Morgan fingerprint density at radius 1 is 0.789 bits per heavy atom. The van der Waals surface area contributed by atoms with Crippen LogP contribution in [0.5, 0.6) is 5.75 Å². The molecule has 16 nitrogen and oxygen atoms in total. The number of piperazine rings is 1. The van der Waals surface area contributed by atoms with Crippen molar-refractivity contribution in [2.24, 2.45) is 5.92 Å². The molecule has 3 aromatic carbocycles. The molecule has 1 unspecified atom stereocenters. The Hall–Kier alpha value is -5.19. The molecule has 5 aliphatic rings. The average Bonchev–Trinajstić information content (AvgIpc) is 3.80. The lowest BCUT2D eigenvalue weighted by Crippen LogP contribution is -2.54. The van der Waals surface area contributed by atoms with Crippen LogP contribution in [0.25, 0.3) is 10.9 Å². The van der Waals surface area contributed by atoms with E-state index in [1.165, 1.54) is 47.5 Å². The number of nitrogens with one attached hydrogen (secondary N) is 3. The van der Waals surface area contributed by atoms with E-state index in [1.54, 1.807) is 32.8 Å². The maximum atomic E-state index is 13.7. The zero-order valence-corrected chi connectivity index (χ0v) is 44.3. The molecule has 2 aromatic heterocycles. The number of hydrogen-bond donors (Lipinski definition) is 3. The summed E-state index contributed by atoms with van der Waals surface area (Å²) in [5, 5.41) is 10.9. The van der Waals surface area contributed by atoms with Gasteiger partial charge in [0, 0.05) is 131 Å². The number of halogens is 1. The van der Waals surface area contributed by atoms with E-state index in [-0.39, 0.29) is 17.9 Å². The third-order valence-electron chi connectivity index (χ3n) is 15.5. The number of amides is 2. The summed E-state index contributed by atoms with van der Waals surface area (Å²) in [5.41, 5.74) is 8.61. The first kappa shape index (κ1) is 49.4. The quantitative estimate of drug-likeness (QED) is 0.0733. The molecule has 4 fully saturated rings. The molecule has 4 saturated heterocycles. The molecular formula is C53H68BrN12O4P. The number of ether oxygens (including phenoxy) is 1. The van der Waals surface area contributed by atoms with Gasteiger partial charge in [0.1, 0.15) is 24.5 Å². The average molecular weight is 1050 g/mol. The highest BCUT2D eigenvalue weighted by Gasteiger charge is 2.36. The smallest absolute Gasteiger partial charge is 0.243 e. The van der Waals surface area contributed by atoms with Gasteiger partial charge in [0.05, 0.1) is 34.5 Å². The molecule has 0 saturated carbocycles. The summed E-state index contributed by atoms with van der Waals surface area (Å²) in [6.07, 6.45) is 10.8. The van der Waals surface area contributed by atoms with Crippen molar-refractivity contribution in [3.05, 3.63) is 81.8 Å². The molecule has 0 radical (unpaired) electrons. The first-order valence-electron chi connectivity index (χ1n) is 25.6. The van der Waals surface area contributed by atoms with Gasteiger partial charge in [0.15, 0.2) is 0 Å². The van der Waals surface area contributed by atoms with E-state index >= 15 is 0 Å². The molecule has 7 heterocycles. The van der Waals surface area contributed by atoms with Gasteiger partial charge < -0.3 is 34.6 Å². The van der Waals surface area contributed by atoms with Gasteiger partial charge in [-0.15, -0.1) is 0 Å². The molecule has 3 N–H and O–H groups in total. The number of aryl methyl sites for hydroxylation is 2. The van der Waals surface area contributed by atoms with Crippen LogP contribution >= 0.6 is 23.1 Å². The number of methoxy groups -OCH3 is 1. The molecular weight excluding hydrogens is 980 g/mol. The van der Waals surface area contributed by atoms with E-state index in [1.807, 2.05) is 19.1 Å². The fourth-order valence-corrected chi connectivity index (χ4v) is 13.3. The molecule has 0 aliphatic carbocycles. The number of nitrogens with zero attached hydrogens (tertiary/aromatic N) is 9. The lowest BCUT2D eigenvalue weighted by atomic mass is 9.95. The maximum absolute atomic E-state index is 13.7. The van der Waals surface area contributed by atoms with Crippen molar-refractivity contribution in [1.29, 1.82) is 0 Å². The Morgan fingerprint density at radius 2 is 1.55 bits per heavy atom. The van der Waals surface area contributed by atoms with Crippen LogP contribution in [0.2, 0.25) is 0 Å². The van der Waals surface area contributed by atoms with Gasteiger partial charge in [-0.1, -0.05) is 19.9 Å². The second-order valence-corrected chi connectivity index (χ2v) is 24.4. The van der Waals surface area contributed by atoms with E-state index in [0.29, 0.717) is 46.1 Å². The molecule has 5 aromatic rings. The lowest BCUT2D eigenvalue weighted by molar-refractivity contribution is -0.137. The number of carbonyl (C=O) groups excluding carboxylic acids is 2. The molecule has 376 valence electrons. The third kappa shape index (κ3) is 10.8. The van der Waals surface area contributed by atoms with Crippen molar-refractivity contribution in [2.45, 2.75) is 90.4 Å². The number of anilines is 6. The van der Waals surface area contributed by atoms with Crippen LogP contribution in [0.3, 0.4) is 0 Å². The molecule has 1 atom stereocenters. The minimum absolute atomic E-state index is 0.150. The molecule has 5 aliphatic heterocycles. The number of aromatic nitrogens is 4. The second-order valence-electron chi connectivity index (χ2n) is 20.4. The number of imide groups is 1. The van der Waals surface area contributed by atoms with Crippen molar-refractivity contribution < 1.29 is 18.9 Å². The minimum atomic E-state index is -2.77. The number of benzene rings is 3. The highest BCUT2D eigenvalue weighted by molar-refractivity contribution is 9.10. The largest absolute Gasteiger partial charge is 0.494 e. The van der Waals surface area contributed by atoms with Gasteiger partial charge in [0.25, 0.3) is 0 Å². The highest BCUT2D eigenvalue weighted by Crippen LogP contribution is 2.43. The molecule has 2 amide bonds. The van der Waals surface area contributed by atoms with E-state index in [2.05, 4.69) is 109 Å². The Balaban J connectivity index is 0.706. The van der Waals surface area contributed by atoms with E-state index in [4.69, 9.17) is 9.72 Å². The van der Waals surface area contributed by atoms with Crippen molar-refractivity contribution in [3.63, 3.8) is 0 Å². The van der Waals surface area contributed by atoms with Crippen molar-refractivity contribution in [2.75, 3.05) is 99.8 Å². The molecule has 71 heavy (non-hydrogen) atoms. The summed E-state index contributed by atoms with van der Waals surface area (Å²) in [7, 11) is -1.06. The van der Waals surface area contributed by atoms with E-state index < -0.39 is 7.14 Å². The summed E-state index contributed by atoms with van der Waals surface area (Å²) in [5.74, 6) is 2.83. The van der Waals surface area contributed by atoms with Gasteiger partial charge in [-0.2, -0.15) is 4.98 Å². The summed E-state index contributed by atoms with van der Waals surface area (Å²) < 4.78 is 20.4. The van der Waals surface area contributed by atoms with Gasteiger partial charge in [-0.05, 0) is 121 Å². The fourth-order valence-electron chi connectivity index (χ4n) is 11.6. The normalized spacial score (nSPS) is 20.1. The van der Waals surface area contributed by atoms with Crippen LogP contribution in [-0.2, 0) is 40.1 Å². The van der Waals surface area contributed by atoms with Crippen LogP contribution in [0.4, 0.5) is 34.5 Å². The third-order valence-corrected chi connectivity index (χ3v) is 17.6. The minimum Gasteiger partial charge on any atom is -0.494 e. The Bertz CT molecular complexity index is 2840. The standard InChI is InChI=1S/C53H68BrN12O4P/c1-6-35-27-44(59-53-56-30-41(54)51(61-53)58-43-11-10-42-40(50(43)71(4,5)69)29-55-48(7-2)57-42)47(70-3)28-46(35)65-20-16-38(17-21-65)64-24-22-62(23-25-64)31-34-14-18-63(19-15-34)39-9-8-36-32-66(33-37(36)26-39)45-12-13-49(67)60-52(45)68/h8-11,26-30,34,38,45H,6-7,12-25,31-33H2,1-5H3,(H,60,67,68)(H2,56,58,59,61). The maximum Gasteiger partial charge on any atom is 0.243 e. The molecule has 18 heteroatoms.